The molecule has 4 rings (SSSR count). The van der Waals surface area contributed by atoms with Crippen LogP contribution in [0.5, 0.6) is 0 Å². The lowest BCUT2D eigenvalue weighted by Gasteiger charge is -2.20. The minimum atomic E-state index is -4.88. The van der Waals surface area contributed by atoms with Crippen molar-refractivity contribution in [2.75, 3.05) is 5.32 Å². The average Bonchev–Trinajstić information content (AvgIpc) is 3.09. The normalized spacial score (nSPS) is 15.3. The predicted octanol–water partition coefficient (Wildman–Crippen LogP) is 6.63. The van der Waals surface area contributed by atoms with Gasteiger partial charge in [-0.3, -0.25) is 9.59 Å². The Labute approximate surface area is 197 Å². The van der Waals surface area contributed by atoms with Gasteiger partial charge in [0, 0.05) is 32.4 Å². The molecule has 0 bridgehead atoms. The number of hydrogen-bond acceptors (Lipinski definition) is 2. The molecule has 2 N–H and O–H groups in total. The molecule has 0 saturated carbocycles. The van der Waals surface area contributed by atoms with Crippen LogP contribution in [0.2, 0.25) is 0 Å². The number of benzene rings is 3. The number of halogens is 7. The van der Waals surface area contributed by atoms with E-state index in [1.165, 1.54) is 36.4 Å². The monoisotopic (exact) mass is 542 g/mol. The summed E-state index contributed by atoms with van der Waals surface area (Å²) in [6.45, 7) is 0. The highest BCUT2D eigenvalue weighted by Gasteiger charge is 2.36. The number of fused-ring (bicyclic) bond motifs is 1. The van der Waals surface area contributed by atoms with Gasteiger partial charge in [0.25, 0.3) is 18.2 Å². The van der Waals surface area contributed by atoms with Crippen molar-refractivity contribution >= 4 is 33.4 Å². The number of rotatable bonds is 4. The fourth-order valence-electron chi connectivity index (χ4n) is 3.79. The van der Waals surface area contributed by atoms with Gasteiger partial charge in [0.1, 0.15) is 5.82 Å². The van der Waals surface area contributed by atoms with Gasteiger partial charge in [0.2, 0.25) is 0 Å². The quantitative estimate of drug-likeness (QED) is 0.363. The average molecular weight is 543 g/mol. The van der Waals surface area contributed by atoms with Gasteiger partial charge in [-0.05, 0) is 35.9 Å². The summed E-state index contributed by atoms with van der Waals surface area (Å²) in [6, 6.07) is 8.64. The second-order valence-corrected chi connectivity index (χ2v) is 8.35. The van der Waals surface area contributed by atoms with Gasteiger partial charge >= 0.3 is 6.18 Å². The van der Waals surface area contributed by atoms with Crippen LogP contribution >= 0.6 is 15.9 Å². The predicted molar refractivity (Wildman–Crippen MR) is 114 cm³/mol. The van der Waals surface area contributed by atoms with Gasteiger partial charge < -0.3 is 10.6 Å². The van der Waals surface area contributed by atoms with E-state index >= 15 is 0 Å². The number of alkyl halides is 5. The van der Waals surface area contributed by atoms with E-state index in [9.17, 15) is 35.9 Å². The Morgan fingerprint density at radius 1 is 1.06 bits per heavy atom. The molecule has 0 saturated heterocycles. The van der Waals surface area contributed by atoms with Crippen molar-refractivity contribution < 1.29 is 35.9 Å². The van der Waals surface area contributed by atoms with E-state index in [1.54, 1.807) is 0 Å². The highest BCUT2D eigenvalue weighted by atomic mass is 79.9. The molecule has 0 spiro atoms. The molecule has 3 aromatic rings. The van der Waals surface area contributed by atoms with Crippen molar-refractivity contribution in [3.63, 3.8) is 0 Å². The van der Waals surface area contributed by atoms with Crippen LogP contribution in [0, 0.1) is 5.82 Å². The van der Waals surface area contributed by atoms with E-state index in [4.69, 9.17) is 0 Å². The minimum Gasteiger partial charge on any atom is -0.341 e. The first-order chi connectivity index (χ1) is 16.0. The summed E-state index contributed by atoms with van der Waals surface area (Å²) in [5.74, 6) is -2.93. The van der Waals surface area contributed by atoms with Gasteiger partial charge in [0.15, 0.2) is 0 Å². The zero-order chi connectivity index (χ0) is 24.8. The molecule has 3 aromatic carbocycles. The van der Waals surface area contributed by atoms with Crippen LogP contribution < -0.4 is 10.6 Å². The maximum Gasteiger partial charge on any atom is 0.416 e. The van der Waals surface area contributed by atoms with E-state index in [2.05, 4.69) is 26.6 Å². The molecule has 2 amide bonds. The molecule has 0 aromatic heterocycles. The first-order valence-electron chi connectivity index (χ1n) is 9.66. The molecular formula is C23H13BrF6N2O2. The summed E-state index contributed by atoms with van der Waals surface area (Å²) in [4.78, 5) is 25.4. The third-order valence-corrected chi connectivity index (χ3v) is 5.69. The molecule has 0 fully saturated rings. The number of hydrogen-bond donors (Lipinski definition) is 2. The highest BCUT2D eigenvalue weighted by molar-refractivity contribution is 9.10. The van der Waals surface area contributed by atoms with Gasteiger partial charge in [0.05, 0.1) is 11.6 Å². The first kappa shape index (κ1) is 23.8. The van der Waals surface area contributed by atoms with E-state index < -0.39 is 47.4 Å². The summed E-state index contributed by atoms with van der Waals surface area (Å²) in [6.07, 6.45) is -7.73. The molecule has 0 aliphatic carbocycles. The van der Waals surface area contributed by atoms with Gasteiger partial charge in [-0.2, -0.15) is 13.2 Å². The molecule has 176 valence electrons. The Morgan fingerprint density at radius 2 is 1.76 bits per heavy atom. The molecule has 0 radical (unpaired) electrons. The molecule has 1 atom stereocenters. The van der Waals surface area contributed by atoms with Crippen molar-refractivity contribution in [2.24, 2.45) is 0 Å². The van der Waals surface area contributed by atoms with Crippen LogP contribution in [0.15, 0.2) is 59.1 Å². The van der Waals surface area contributed by atoms with Crippen LogP contribution in [0.3, 0.4) is 0 Å². The largest absolute Gasteiger partial charge is 0.416 e. The second-order valence-electron chi connectivity index (χ2n) is 7.43. The van der Waals surface area contributed by atoms with Crippen molar-refractivity contribution in [3.05, 3.63) is 98.3 Å². The van der Waals surface area contributed by atoms with Crippen LogP contribution in [0.1, 0.15) is 55.4 Å². The number of nitrogens with one attached hydrogen (secondary N) is 2. The zero-order valence-corrected chi connectivity index (χ0v) is 18.4. The molecule has 34 heavy (non-hydrogen) atoms. The number of anilines is 1. The summed E-state index contributed by atoms with van der Waals surface area (Å²) >= 11 is 3.19. The zero-order valence-electron chi connectivity index (χ0n) is 16.8. The van der Waals surface area contributed by atoms with Crippen molar-refractivity contribution in [2.45, 2.75) is 18.6 Å². The third kappa shape index (κ3) is 4.52. The molecular weight excluding hydrogens is 530 g/mol. The van der Waals surface area contributed by atoms with Crippen LogP contribution in [0.4, 0.5) is 32.0 Å². The van der Waals surface area contributed by atoms with Gasteiger partial charge in [-0.15, -0.1) is 0 Å². The Kier molecular flexibility index (Phi) is 6.15. The maximum absolute atomic E-state index is 13.8. The number of carbonyl (C=O) groups is 2. The number of amides is 2. The van der Waals surface area contributed by atoms with E-state index in [0.29, 0.717) is 16.6 Å². The summed E-state index contributed by atoms with van der Waals surface area (Å²) in [5, 5.41) is 4.99. The standard InChI is InChI=1S/C23H13BrF6N2O2/c24-12-8-16-18(19(32-22(16)34)14-3-1-2-4-15(14)20(26)27)17(9-12)31-21(33)10-5-11(23(28,29)30)7-13(25)6-10/h1-9,19-20H,(H,31,33)(H,32,34)/t19-/m1/s1. The van der Waals surface area contributed by atoms with Gasteiger partial charge in [-0.1, -0.05) is 40.2 Å². The molecule has 4 nitrogen and oxygen atoms in total. The van der Waals surface area contributed by atoms with Crippen molar-refractivity contribution in [1.29, 1.82) is 0 Å². The lowest BCUT2D eigenvalue weighted by Crippen LogP contribution is -2.22. The summed E-state index contributed by atoms with van der Waals surface area (Å²) in [5.41, 5.74) is -1.98. The van der Waals surface area contributed by atoms with E-state index in [0.717, 1.165) is 0 Å². The van der Waals surface area contributed by atoms with Crippen LogP contribution in [-0.4, -0.2) is 11.8 Å². The summed E-state index contributed by atoms with van der Waals surface area (Å²) in [7, 11) is 0. The smallest absolute Gasteiger partial charge is 0.341 e. The van der Waals surface area contributed by atoms with Gasteiger partial charge in [-0.25, -0.2) is 13.2 Å². The van der Waals surface area contributed by atoms with Crippen LogP contribution in [0.25, 0.3) is 0 Å². The van der Waals surface area contributed by atoms with E-state index in [-0.39, 0.29) is 34.0 Å². The van der Waals surface area contributed by atoms with E-state index in [1.807, 2.05) is 0 Å². The molecule has 1 aliphatic heterocycles. The SMILES string of the molecule is O=C(Nc1cc(Br)cc2c1[C@@H](c1ccccc1C(F)F)NC2=O)c1cc(F)cc(C(F)(F)F)c1. The fourth-order valence-corrected chi connectivity index (χ4v) is 4.24. The second kappa shape index (κ2) is 8.79. The summed E-state index contributed by atoms with van der Waals surface area (Å²) < 4.78 is 80.5. The fraction of sp³-hybridized carbons (Fsp3) is 0.130. The Hall–Kier alpha value is -3.34. The first-order valence-corrected chi connectivity index (χ1v) is 10.5. The Bertz CT molecular complexity index is 1310. The third-order valence-electron chi connectivity index (χ3n) is 5.23. The Morgan fingerprint density at radius 3 is 2.44 bits per heavy atom. The lowest BCUT2D eigenvalue weighted by molar-refractivity contribution is -0.137. The number of carbonyl (C=O) groups excluding carboxylic acids is 2. The molecule has 1 heterocycles. The highest BCUT2D eigenvalue weighted by Crippen LogP contribution is 2.41. The molecule has 1 aliphatic rings. The van der Waals surface area contributed by atoms with Crippen molar-refractivity contribution in [1.82, 2.24) is 5.32 Å². The Balaban J connectivity index is 1.79. The minimum absolute atomic E-state index is 0.0142. The van der Waals surface area contributed by atoms with Crippen LogP contribution in [-0.2, 0) is 6.18 Å². The van der Waals surface area contributed by atoms with Crippen molar-refractivity contribution in [3.8, 4) is 0 Å². The maximum atomic E-state index is 13.8. The molecule has 11 heteroatoms. The lowest BCUT2D eigenvalue weighted by atomic mass is 9.93. The topological polar surface area (TPSA) is 58.2 Å². The molecule has 0 unspecified atom stereocenters.